The Labute approximate surface area is 150 Å². The van der Waals surface area contributed by atoms with Gasteiger partial charge >= 0.3 is 11.9 Å². The fourth-order valence-electron chi connectivity index (χ4n) is 2.40. The van der Waals surface area contributed by atoms with Gasteiger partial charge < -0.3 is 15.2 Å². The molecular weight excluding hydrogens is 338 g/mol. The van der Waals surface area contributed by atoms with E-state index in [0.29, 0.717) is 17.5 Å². The molecule has 1 aromatic heterocycles. The van der Waals surface area contributed by atoms with Crippen molar-refractivity contribution in [2.24, 2.45) is 0 Å². The van der Waals surface area contributed by atoms with Crippen LogP contribution >= 0.6 is 0 Å². The first-order valence-electron chi connectivity index (χ1n) is 8.22. The number of hydrogen-bond acceptors (Lipinski definition) is 6. The lowest BCUT2D eigenvalue weighted by Gasteiger charge is -2.29. The van der Waals surface area contributed by atoms with Crippen molar-refractivity contribution < 1.29 is 24.2 Å². The molecule has 8 heteroatoms. The lowest BCUT2D eigenvalue weighted by atomic mass is 9.93. The number of benzene rings is 1. The van der Waals surface area contributed by atoms with Crippen molar-refractivity contribution in [1.29, 1.82) is 0 Å². The van der Waals surface area contributed by atoms with Gasteiger partial charge in [-0.2, -0.15) is 0 Å². The molecule has 0 spiro atoms. The highest BCUT2D eigenvalue weighted by atomic mass is 16.5. The Morgan fingerprint density at radius 2 is 1.92 bits per heavy atom. The van der Waals surface area contributed by atoms with Gasteiger partial charge in [0.05, 0.1) is 22.8 Å². The zero-order valence-electron chi connectivity index (χ0n) is 14.9. The van der Waals surface area contributed by atoms with E-state index in [-0.39, 0.29) is 12.1 Å². The van der Waals surface area contributed by atoms with E-state index in [1.165, 1.54) is 6.20 Å². The second kappa shape index (κ2) is 7.90. The third-order valence-corrected chi connectivity index (χ3v) is 3.93. The van der Waals surface area contributed by atoms with Crippen molar-refractivity contribution in [2.75, 3.05) is 0 Å². The Hall–Kier alpha value is -3.03. The largest absolute Gasteiger partial charge is 0.479 e. The lowest BCUT2D eigenvalue weighted by Crippen LogP contribution is -2.62. The standard InChI is InChI=1S/C18H21N3O5/c1-4-11(2)26-17(25)18(16(23)24,21-12(3)22)9-13-10-19-14-7-5-6-8-15(14)20-13/h5-8,10-11H,4,9H2,1-3H3,(H,21,22)(H,23,24). The first-order chi connectivity index (χ1) is 12.3. The summed E-state index contributed by atoms with van der Waals surface area (Å²) in [5.41, 5.74) is -0.825. The van der Waals surface area contributed by atoms with E-state index in [4.69, 9.17) is 4.74 Å². The molecule has 0 bridgehead atoms. The highest BCUT2D eigenvalue weighted by molar-refractivity contribution is 6.07. The molecule has 2 N–H and O–H groups in total. The van der Waals surface area contributed by atoms with Crippen LogP contribution < -0.4 is 5.32 Å². The maximum Gasteiger partial charge on any atom is 0.344 e. The number of rotatable bonds is 7. The number of amides is 1. The van der Waals surface area contributed by atoms with Gasteiger partial charge in [0, 0.05) is 19.5 Å². The molecule has 0 radical (unpaired) electrons. The van der Waals surface area contributed by atoms with Gasteiger partial charge in [0.2, 0.25) is 11.4 Å². The van der Waals surface area contributed by atoms with Crippen molar-refractivity contribution in [2.45, 2.75) is 45.3 Å². The molecule has 2 unspecified atom stereocenters. The van der Waals surface area contributed by atoms with Crippen LogP contribution in [0, 0.1) is 0 Å². The number of nitrogens with zero attached hydrogens (tertiary/aromatic N) is 2. The summed E-state index contributed by atoms with van der Waals surface area (Å²) in [6, 6.07) is 7.07. The highest BCUT2D eigenvalue weighted by Crippen LogP contribution is 2.19. The summed E-state index contributed by atoms with van der Waals surface area (Å²) in [7, 11) is 0. The van der Waals surface area contributed by atoms with Gasteiger partial charge in [0.15, 0.2) is 0 Å². The number of nitrogens with one attached hydrogen (secondary N) is 1. The van der Waals surface area contributed by atoms with E-state index in [1.54, 1.807) is 38.1 Å². The number of carboxylic acids is 1. The Kier molecular flexibility index (Phi) is 5.86. The number of esters is 1. The van der Waals surface area contributed by atoms with Crippen molar-refractivity contribution in [1.82, 2.24) is 15.3 Å². The van der Waals surface area contributed by atoms with E-state index in [1.807, 2.05) is 0 Å². The van der Waals surface area contributed by atoms with E-state index in [2.05, 4.69) is 15.3 Å². The molecular formula is C18H21N3O5. The van der Waals surface area contributed by atoms with E-state index in [0.717, 1.165) is 6.92 Å². The van der Waals surface area contributed by atoms with Crippen LogP contribution in [-0.4, -0.2) is 44.6 Å². The average Bonchev–Trinajstić information content (AvgIpc) is 2.60. The van der Waals surface area contributed by atoms with Crippen molar-refractivity contribution >= 4 is 28.9 Å². The number of aliphatic carboxylic acids is 1. The Morgan fingerprint density at radius 1 is 1.27 bits per heavy atom. The van der Waals surface area contributed by atoms with Crippen LogP contribution in [0.3, 0.4) is 0 Å². The monoisotopic (exact) mass is 359 g/mol. The molecule has 2 rings (SSSR count). The first-order valence-corrected chi connectivity index (χ1v) is 8.22. The van der Waals surface area contributed by atoms with Crippen LogP contribution in [0.25, 0.3) is 11.0 Å². The smallest absolute Gasteiger partial charge is 0.344 e. The summed E-state index contributed by atoms with van der Waals surface area (Å²) >= 11 is 0. The summed E-state index contributed by atoms with van der Waals surface area (Å²) in [5, 5.41) is 12.0. The molecule has 0 aliphatic heterocycles. The summed E-state index contributed by atoms with van der Waals surface area (Å²) in [5.74, 6) is -3.22. The molecule has 0 aliphatic rings. The minimum Gasteiger partial charge on any atom is -0.479 e. The normalized spacial score (nSPS) is 14.3. The van der Waals surface area contributed by atoms with Gasteiger partial charge in [-0.05, 0) is 25.5 Å². The molecule has 8 nitrogen and oxygen atoms in total. The van der Waals surface area contributed by atoms with Gasteiger partial charge in [-0.15, -0.1) is 0 Å². The molecule has 1 aromatic carbocycles. The number of hydrogen-bond donors (Lipinski definition) is 2. The summed E-state index contributed by atoms with van der Waals surface area (Å²) < 4.78 is 5.20. The van der Waals surface area contributed by atoms with Gasteiger partial charge in [0.25, 0.3) is 0 Å². The van der Waals surface area contributed by atoms with Crippen LogP contribution in [-0.2, 0) is 25.5 Å². The lowest BCUT2D eigenvalue weighted by molar-refractivity contribution is -0.168. The Bertz CT molecular complexity index is 838. The maximum atomic E-state index is 12.6. The Balaban J connectivity index is 2.45. The molecule has 0 saturated heterocycles. The van der Waals surface area contributed by atoms with E-state index >= 15 is 0 Å². The van der Waals surface area contributed by atoms with Crippen molar-refractivity contribution in [3.63, 3.8) is 0 Å². The number of para-hydroxylation sites is 2. The van der Waals surface area contributed by atoms with Gasteiger partial charge in [-0.1, -0.05) is 19.1 Å². The molecule has 1 amide bonds. The molecule has 2 aromatic rings. The predicted molar refractivity (Wildman–Crippen MR) is 93.3 cm³/mol. The maximum absolute atomic E-state index is 12.6. The number of carboxylic acid groups (broad SMARTS) is 1. The Morgan fingerprint density at radius 3 is 2.50 bits per heavy atom. The van der Waals surface area contributed by atoms with Crippen molar-refractivity contribution in [3.05, 3.63) is 36.2 Å². The number of fused-ring (bicyclic) bond motifs is 1. The zero-order valence-corrected chi connectivity index (χ0v) is 14.9. The topological polar surface area (TPSA) is 118 Å². The second-order valence-corrected chi connectivity index (χ2v) is 6.04. The molecule has 26 heavy (non-hydrogen) atoms. The SMILES string of the molecule is CCC(C)OC(=O)C(Cc1cnc2ccccc2n1)(NC(C)=O)C(=O)O. The second-order valence-electron chi connectivity index (χ2n) is 6.04. The van der Waals surface area contributed by atoms with Crippen LogP contribution in [0.2, 0.25) is 0 Å². The van der Waals surface area contributed by atoms with E-state index in [9.17, 15) is 19.5 Å². The fraction of sp³-hybridized carbons (Fsp3) is 0.389. The average molecular weight is 359 g/mol. The molecule has 138 valence electrons. The third kappa shape index (κ3) is 4.14. The minimum atomic E-state index is -2.27. The molecule has 1 heterocycles. The molecule has 0 fully saturated rings. The van der Waals surface area contributed by atoms with Crippen LogP contribution in [0.15, 0.2) is 30.5 Å². The van der Waals surface area contributed by atoms with E-state index < -0.39 is 29.5 Å². The summed E-state index contributed by atoms with van der Waals surface area (Å²) in [4.78, 5) is 44.8. The van der Waals surface area contributed by atoms with Gasteiger partial charge in [0.1, 0.15) is 0 Å². The fourth-order valence-corrected chi connectivity index (χ4v) is 2.40. The van der Waals surface area contributed by atoms with Crippen molar-refractivity contribution in [3.8, 4) is 0 Å². The molecule has 0 aliphatic carbocycles. The zero-order chi connectivity index (χ0) is 19.3. The van der Waals surface area contributed by atoms with Gasteiger partial charge in [-0.3, -0.25) is 9.78 Å². The van der Waals surface area contributed by atoms with Crippen LogP contribution in [0.5, 0.6) is 0 Å². The van der Waals surface area contributed by atoms with Crippen LogP contribution in [0.4, 0.5) is 0 Å². The number of carbonyl (C=O) groups excluding carboxylic acids is 2. The van der Waals surface area contributed by atoms with Crippen LogP contribution in [0.1, 0.15) is 32.9 Å². The first kappa shape index (κ1) is 19.3. The predicted octanol–water partition coefficient (Wildman–Crippen LogP) is 1.47. The summed E-state index contributed by atoms with van der Waals surface area (Å²) in [6.07, 6.45) is 1.03. The highest BCUT2D eigenvalue weighted by Gasteiger charge is 2.50. The summed E-state index contributed by atoms with van der Waals surface area (Å²) in [6.45, 7) is 4.59. The minimum absolute atomic E-state index is 0.251. The van der Waals surface area contributed by atoms with Gasteiger partial charge in [-0.25, -0.2) is 14.6 Å². The quantitative estimate of drug-likeness (QED) is 0.567. The third-order valence-electron chi connectivity index (χ3n) is 3.93. The number of aromatic nitrogens is 2. The number of carbonyl (C=O) groups is 3. The molecule has 0 saturated carbocycles. The number of ether oxygens (including phenoxy) is 1. The molecule has 2 atom stereocenters.